The summed E-state index contributed by atoms with van der Waals surface area (Å²) >= 11 is 0. The van der Waals surface area contributed by atoms with Crippen molar-refractivity contribution in [2.75, 3.05) is 12.1 Å². The Hall–Kier alpha value is -3.36. The van der Waals surface area contributed by atoms with E-state index < -0.39 is 6.03 Å². The lowest BCUT2D eigenvalue weighted by molar-refractivity contribution is 0.216. The van der Waals surface area contributed by atoms with Crippen LogP contribution >= 0.6 is 0 Å². The first-order valence-corrected chi connectivity index (χ1v) is 9.59. The van der Waals surface area contributed by atoms with Gasteiger partial charge in [0.1, 0.15) is 12.4 Å². The Morgan fingerprint density at radius 3 is 2.47 bits per heavy atom. The molecule has 1 heterocycles. The molecule has 0 fully saturated rings. The molecule has 0 aliphatic rings. The van der Waals surface area contributed by atoms with Gasteiger partial charge in [-0.2, -0.15) is 5.10 Å². The molecule has 1 aromatic heterocycles. The molecule has 8 heteroatoms. The fourth-order valence-electron chi connectivity index (χ4n) is 3.46. The Bertz CT molecular complexity index is 1070. The van der Waals surface area contributed by atoms with Crippen LogP contribution < -0.4 is 21.4 Å². The van der Waals surface area contributed by atoms with Gasteiger partial charge in [-0.25, -0.2) is 21.5 Å². The second-order valence-corrected chi connectivity index (χ2v) is 7.32. The summed E-state index contributed by atoms with van der Waals surface area (Å²) in [7, 11) is 3.38. The Kier molecular flexibility index (Phi) is 6.09. The summed E-state index contributed by atoms with van der Waals surface area (Å²) in [4.78, 5) is 12.2. The maximum Gasteiger partial charge on any atom is 0.352 e. The highest BCUT2D eigenvalue weighted by Crippen LogP contribution is 2.30. The van der Waals surface area contributed by atoms with Gasteiger partial charge in [-0.15, -0.1) is 0 Å². The number of anilines is 1. The van der Waals surface area contributed by atoms with Crippen molar-refractivity contribution >= 4 is 11.7 Å². The van der Waals surface area contributed by atoms with Crippen LogP contribution in [0.25, 0.3) is 11.1 Å². The number of carbonyl (C=O) groups is 1. The number of urea groups is 1. The smallest absolute Gasteiger partial charge is 0.352 e. The van der Waals surface area contributed by atoms with Gasteiger partial charge in [0, 0.05) is 30.9 Å². The van der Waals surface area contributed by atoms with Gasteiger partial charge in [-0.05, 0) is 50.1 Å². The maximum atomic E-state index is 12.2. The first kappa shape index (κ1) is 21.4. The first-order valence-electron chi connectivity index (χ1n) is 9.59. The van der Waals surface area contributed by atoms with Gasteiger partial charge in [-0.3, -0.25) is 9.69 Å². The summed E-state index contributed by atoms with van der Waals surface area (Å²) in [6.07, 6.45) is 0. The SMILES string of the molecule is Cc1cccc(N(N)C(=O)N(C)N)c1COc1cccc(-c2c(C)nn(C)c2C)c1. The number of rotatable bonds is 5. The number of amides is 2. The molecule has 0 bridgehead atoms. The fraction of sp³-hybridized carbons (Fsp3) is 0.273. The van der Waals surface area contributed by atoms with E-state index in [1.165, 1.54) is 7.05 Å². The molecule has 2 aromatic carbocycles. The third-order valence-electron chi connectivity index (χ3n) is 5.17. The molecule has 30 heavy (non-hydrogen) atoms. The number of carbonyl (C=O) groups excluding carboxylic acids is 1. The predicted molar refractivity (Wildman–Crippen MR) is 118 cm³/mol. The molecule has 0 saturated heterocycles. The molecule has 0 aliphatic carbocycles. The summed E-state index contributed by atoms with van der Waals surface area (Å²) in [5, 5.41) is 6.47. The summed E-state index contributed by atoms with van der Waals surface area (Å²) in [6.45, 7) is 6.25. The highest BCUT2D eigenvalue weighted by Gasteiger charge is 2.19. The van der Waals surface area contributed by atoms with Crippen molar-refractivity contribution in [2.45, 2.75) is 27.4 Å². The van der Waals surface area contributed by atoms with Crippen LogP contribution in [-0.2, 0) is 13.7 Å². The molecule has 3 rings (SSSR count). The summed E-state index contributed by atoms with van der Waals surface area (Å²) in [5.74, 6) is 12.3. The number of hydrazine groups is 2. The van der Waals surface area contributed by atoms with Crippen molar-refractivity contribution in [2.24, 2.45) is 18.7 Å². The average molecular weight is 409 g/mol. The molecule has 3 aromatic rings. The van der Waals surface area contributed by atoms with Crippen molar-refractivity contribution < 1.29 is 9.53 Å². The molecule has 0 unspecified atom stereocenters. The highest BCUT2D eigenvalue weighted by atomic mass is 16.5. The second-order valence-electron chi connectivity index (χ2n) is 7.32. The van der Waals surface area contributed by atoms with Crippen LogP contribution in [0.15, 0.2) is 42.5 Å². The third-order valence-corrected chi connectivity index (χ3v) is 5.17. The van der Waals surface area contributed by atoms with E-state index in [1.54, 1.807) is 6.07 Å². The van der Waals surface area contributed by atoms with E-state index in [2.05, 4.69) is 5.10 Å². The van der Waals surface area contributed by atoms with Gasteiger partial charge in [0.2, 0.25) is 0 Å². The Balaban J connectivity index is 1.87. The lowest BCUT2D eigenvalue weighted by Crippen LogP contribution is -2.49. The van der Waals surface area contributed by atoms with Crippen LogP contribution in [0.5, 0.6) is 5.75 Å². The van der Waals surface area contributed by atoms with E-state index in [0.29, 0.717) is 5.69 Å². The van der Waals surface area contributed by atoms with Crippen LogP contribution in [0.3, 0.4) is 0 Å². The molecule has 158 valence electrons. The quantitative estimate of drug-likeness (QED) is 0.383. The van der Waals surface area contributed by atoms with Crippen LogP contribution in [0.1, 0.15) is 22.5 Å². The monoisotopic (exact) mass is 408 g/mol. The van der Waals surface area contributed by atoms with Gasteiger partial charge in [0.25, 0.3) is 0 Å². The van der Waals surface area contributed by atoms with E-state index in [-0.39, 0.29) is 6.61 Å². The number of hydrogen-bond donors (Lipinski definition) is 2. The lowest BCUT2D eigenvalue weighted by Gasteiger charge is -2.24. The van der Waals surface area contributed by atoms with Gasteiger partial charge in [0.05, 0.1) is 11.4 Å². The van der Waals surface area contributed by atoms with Crippen LogP contribution in [-0.4, -0.2) is 27.9 Å². The number of ether oxygens (including phenoxy) is 1. The van der Waals surface area contributed by atoms with E-state index in [0.717, 1.165) is 49.4 Å². The first-order chi connectivity index (χ1) is 14.2. The fourth-order valence-corrected chi connectivity index (χ4v) is 3.46. The van der Waals surface area contributed by atoms with E-state index in [4.69, 9.17) is 16.4 Å². The maximum absolute atomic E-state index is 12.2. The number of aryl methyl sites for hydroxylation is 3. The zero-order valence-corrected chi connectivity index (χ0v) is 18.0. The molecule has 2 amide bonds. The Morgan fingerprint density at radius 2 is 1.83 bits per heavy atom. The van der Waals surface area contributed by atoms with Gasteiger partial charge >= 0.3 is 6.03 Å². The van der Waals surface area contributed by atoms with Gasteiger partial charge < -0.3 is 4.74 Å². The van der Waals surface area contributed by atoms with Crippen LogP contribution in [0.4, 0.5) is 10.5 Å². The molecule has 4 N–H and O–H groups in total. The number of hydrogen-bond acceptors (Lipinski definition) is 5. The minimum absolute atomic E-state index is 0.256. The Morgan fingerprint density at radius 1 is 1.13 bits per heavy atom. The normalized spacial score (nSPS) is 10.8. The predicted octanol–water partition coefficient (Wildman–Crippen LogP) is 3.20. The number of nitrogens with two attached hydrogens (primary N) is 2. The Labute approximate surface area is 176 Å². The van der Waals surface area contributed by atoms with Crippen molar-refractivity contribution in [1.82, 2.24) is 14.8 Å². The zero-order valence-electron chi connectivity index (χ0n) is 18.0. The van der Waals surface area contributed by atoms with Crippen LogP contribution in [0.2, 0.25) is 0 Å². The molecule has 0 radical (unpaired) electrons. The zero-order chi connectivity index (χ0) is 22.0. The minimum atomic E-state index is -0.522. The van der Waals surface area contributed by atoms with Crippen molar-refractivity contribution in [3.63, 3.8) is 0 Å². The largest absolute Gasteiger partial charge is 0.489 e. The van der Waals surface area contributed by atoms with Crippen molar-refractivity contribution in [3.8, 4) is 16.9 Å². The minimum Gasteiger partial charge on any atom is -0.489 e. The molecule has 0 saturated carbocycles. The van der Waals surface area contributed by atoms with Crippen molar-refractivity contribution in [1.29, 1.82) is 0 Å². The topological polar surface area (TPSA) is 103 Å². The standard InChI is InChI=1S/C22H28N6O2/c1-14-8-6-11-20(28(24)22(29)26(4)23)19(14)13-30-18-10-7-9-17(12-18)21-15(2)25-27(5)16(21)3/h6-12H,13,23-24H2,1-5H3. The molecule has 0 atom stereocenters. The van der Waals surface area contributed by atoms with Crippen LogP contribution in [0, 0.1) is 20.8 Å². The molecule has 8 nitrogen and oxygen atoms in total. The number of aromatic nitrogens is 2. The highest BCUT2D eigenvalue weighted by molar-refractivity contribution is 5.91. The van der Waals surface area contributed by atoms with E-state index in [9.17, 15) is 4.79 Å². The molecule has 0 spiro atoms. The third kappa shape index (κ3) is 4.14. The van der Waals surface area contributed by atoms with E-state index >= 15 is 0 Å². The summed E-state index contributed by atoms with van der Waals surface area (Å²) < 4.78 is 7.96. The molecular formula is C22H28N6O2. The molecular weight excluding hydrogens is 380 g/mol. The number of benzene rings is 2. The lowest BCUT2D eigenvalue weighted by atomic mass is 10.0. The summed E-state index contributed by atoms with van der Waals surface area (Å²) in [5.41, 5.74) is 6.53. The summed E-state index contributed by atoms with van der Waals surface area (Å²) in [6, 6.07) is 12.9. The number of nitrogens with zero attached hydrogens (tertiary/aromatic N) is 4. The molecule has 0 aliphatic heterocycles. The second kappa shape index (κ2) is 8.56. The van der Waals surface area contributed by atoms with Gasteiger partial charge in [-0.1, -0.05) is 24.3 Å². The van der Waals surface area contributed by atoms with E-state index in [1.807, 2.05) is 68.9 Å². The average Bonchev–Trinajstić information content (AvgIpc) is 2.97. The van der Waals surface area contributed by atoms with Gasteiger partial charge in [0.15, 0.2) is 0 Å². The van der Waals surface area contributed by atoms with Crippen molar-refractivity contribution in [3.05, 3.63) is 65.0 Å².